The fourth-order valence-corrected chi connectivity index (χ4v) is 3.60. The minimum absolute atomic E-state index is 0.341. The van der Waals surface area contributed by atoms with Gasteiger partial charge in [0.05, 0.1) is 0 Å². The highest BCUT2D eigenvalue weighted by Crippen LogP contribution is 2.41. The Balaban J connectivity index is 1.74. The highest BCUT2D eigenvalue weighted by molar-refractivity contribution is 5.79. The lowest BCUT2D eigenvalue weighted by molar-refractivity contribution is 0.141. The Bertz CT molecular complexity index is 512. The number of anilines is 1. The van der Waals surface area contributed by atoms with Crippen LogP contribution in [0.15, 0.2) is 35.3 Å². The van der Waals surface area contributed by atoms with Crippen molar-refractivity contribution >= 4 is 11.6 Å². The van der Waals surface area contributed by atoms with E-state index in [1.807, 2.05) is 6.07 Å². The highest BCUT2D eigenvalue weighted by atomic mass is 16.5. The highest BCUT2D eigenvalue weighted by Gasteiger charge is 2.33. The number of guanidine groups is 1. The summed E-state index contributed by atoms with van der Waals surface area (Å²) in [5, 5.41) is 10.3. The lowest BCUT2D eigenvalue weighted by Gasteiger charge is -2.27. The summed E-state index contributed by atoms with van der Waals surface area (Å²) < 4.78 is 5.32. The molecule has 1 aliphatic carbocycles. The molecule has 0 atom stereocenters. The summed E-state index contributed by atoms with van der Waals surface area (Å²) in [4.78, 5) is 4.89. The van der Waals surface area contributed by atoms with E-state index in [2.05, 4.69) is 47.1 Å². The maximum atomic E-state index is 5.32. The Morgan fingerprint density at radius 2 is 1.88 bits per heavy atom. The van der Waals surface area contributed by atoms with E-state index in [0.717, 1.165) is 51.6 Å². The molecule has 5 nitrogen and oxygen atoms in total. The van der Waals surface area contributed by atoms with Gasteiger partial charge in [0.2, 0.25) is 0 Å². The number of aliphatic imine (C=N–C) groups is 1. The summed E-state index contributed by atoms with van der Waals surface area (Å²) in [6, 6.07) is 10.3. The third-order valence-electron chi connectivity index (χ3n) is 5.17. The van der Waals surface area contributed by atoms with Gasteiger partial charge in [-0.15, -0.1) is 0 Å². The van der Waals surface area contributed by atoms with Crippen LogP contribution in [0.3, 0.4) is 0 Å². The zero-order chi connectivity index (χ0) is 18.5. The maximum absolute atomic E-state index is 5.32. The fourth-order valence-electron chi connectivity index (χ4n) is 3.60. The van der Waals surface area contributed by atoms with E-state index >= 15 is 0 Å². The average molecular weight is 361 g/mol. The molecule has 0 aromatic heterocycles. The second-order valence-electron chi connectivity index (χ2n) is 7.22. The predicted octanol–water partition coefficient (Wildman–Crippen LogP) is 3.64. The van der Waals surface area contributed by atoms with E-state index in [1.165, 1.54) is 31.4 Å². The summed E-state index contributed by atoms with van der Waals surface area (Å²) in [7, 11) is 1.79. The van der Waals surface area contributed by atoms with Crippen LogP contribution < -0.4 is 16.0 Å². The van der Waals surface area contributed by atoms with Gasteiger partial charge in [0, 0.05) is 45.6 Å². The predicted molar refractivity (Wildman–Crippen MR) is 111 cm³/mol. The monoisotopic (exact) mass is 360 g/mol. The number of methoxy groups -OCH3 is 1. The van der Waals surface area contributed by atoms with Gasteiger partial charge >= 0.3 is 0 Å². The molecule has 1 fully saturated rings. The van der Waals surface area contributed by atoms with E-state index in [1.54, 1.807) is 7.11 Å². The Kier molecular flexibility index (Phi) is 9.32. The standard InChI is InChI=1S/C21H36N4O/c1-3-22-20(24-16-9-15-23-19-10-5-4-6-11-19)25-18-21(14-17-26-2)12-7-8-13-21/h4-6,10-11,23H,3,7-9,12-18H2,1-2H3,(H2,22,24,25). The van der Waals surface area contributed by atoms with Crippen LogP contribution in [0.1, 0.15) is 45.4 Å². The molecule has 0 heterocycles. The minimum atomic E-state index is 0.341. The molecule has 5 heteroatoms. The quantitative estimate of drug-likeness (QED) is 0.320. The Morgan fingerprint density at radius 1 is 1.12 bits per heavy atom. The van der Waals surface area contributed by atoms with E-state index in [0.29, 0.717) is 5.41 Å². The van der Waals surface area contributed by atoms with Gasteiger partial charge in [-0.25, -0.2) is 0 Å². The first-order valence-corrected chi connectivity index (χ1v) is 10.1. The van der Waals surface area contributed by atoms with Crippen LogP contribution in [0.25, 0.3) is 0 Å². The van der Waals surface area contributed by atoms with Crippen molar-refractivity contribution < 1.29 is 4.74 Å². The average Bonchev–Trinajstić information content (AvgIpc) is 3.14. The van der Waals surface area contributed by atoms with E-state index in [4.69, 9.17) is 9.73 Å². The Morgan fingerprint density at radius 3 is 2.58 bits per heavy atom. The molecule has 0 unspecified atom stereocenters. The van der Waals surface area contributed by atoms with Crippen LogP contribution in [0, 0.1) is 5.41 Å². The van der Waals surface area contributed by atoms with Gasteiger partial charge < -0.3 is 20.7 Å². The van der Waals surface area contributed by atoms with Crippen LogP contribution in [0.4, 0.5) is 5.69 Å². The van der Waals surface area contributed by atoms with Crippen molar-refractivity contribution in [1.82, 2.24) is 10.6 Å². The Hall–Kier alpha value is -1.75. The molecule has 0 bridgehead atoms. The molecule has 0 amide bonds. The van der Waals surface area contributed by atoms with Crippen LogP contribution >= 0.6 is 0 Å². The summed E-state index contributed by atoms with van der Waals surface area (Å²) in [5.41, 5.74) is 1.52. The Labute approximate surface area is 159 Å². The van der Waals surface area contributed by atoms with Crippen molar-refractivity contribution in [2.75, 3.05) is 45.2 Å². The molecular weight excluding hydrogens is 324 g/mol. The molecule has 2 rings (SSSR count). The molecule has 26 heavy (non-hydrogen) atoms. The maximum Gasteiger partial charge on any atom is 0.191 e. The lowest BCUT2D eigenvalue weighted by atomic mass is 9.83. The van der Waals surface area contributed by atoms with Crippen molar-refractivity contribution in [3.05, 3.63) is 30.3 Å². The molecular formula is C21H36N4O. The second-order valence-corrected chi connectivity index (χ2v) is 7.22. The number of hydrogen-bond donors (Lipinski definition) is 3. The van der Waals surface area contributed by atoms with Crippen LogP contribution in [-0.2, 0) is 4.74 Å². The molecule has 1 aromatic carbocycles. The first kappa shape index (κ1) is 20.6. The summed E-state index contributed by atoms with van der Waals surface area (Å²) in [6.07, 6.45) is 7.38. The molecule has 3 N–H and O–H groups in total. The summed E-state index contributed by atoms with van der Waals surface area (Å²) in [5.74, 6) is 0.941. The van der Waals surface area contributed by atoms with Crippen LogP contribution in [-0.4, -0.2) is 45.9 Å². The van der Waals surface area contributed by atoms with Crippen molar-refractivity contribution in [3.8, 4) is 0 Å². The lowest BCUT2D eigenvalue weighted by Crippen LogP contribution is -2.39. The SMILES string of the molecule is CCNC(=NCC1(CCOC)CCCC1)NCCCNc1ccccc1. The molecule has 0 spiro atoms. The van der Waals surface area contributed by atoms with Crippen molar-refractivity contribution in [2.24, 2.45) is 10.4 Å². The summed E-state index contributed by atoms with van der Waals surface area (Å²) >= 11 is 0. The number of para-hydroxylation sites is 1. The first-order chi connectivity index (χ1) is 12.8. The van der Waals surface area contributed by atoms with E-state index < -0.39 is 0 Å². The van der Waals surface area contributed by atoms with Crippen molar-refractivity contribution in [3.63, 3.8) is 0 Å². The smallest absolute Gasteiger partial charge is 0.191 e. The van der Waals surface area contributed by atoms with Crippen molar-refractivity contribution in [1.29, 1.82) is 0 Å². The van der Waals surface area contributed by atoms with E-state index in [-0.39, 0.29) is 0 Å². The molecule has 0 saturated heterocycles. The second kappa shape index (κ2) is 11.8. The van der Waals surface area contributed by atoms with Gasteiger partial charge in [-0.2, -0.15) is 0 Å². The summed E-state index contributed by atoms with van der Waals surface area (Å²) in [6.45, 7) is 6.60. The van der Waals surface area contributed by atoms with Crippen LogP contribution in [0.2, 0.25) is 0 Å². The third kappa shape index (κ3) is 7.24. The molecule has 1 aromatic rings. The van der Waals surface area contributed by atoms with E-state index in [9.17, 15) is 0 Å². The fraction of sp³-hybridized carbons (Fsp3) is 0.667. The molecule has 0 aliphatic heterocycles. The number of rotatable bonds is 11. The zero-order valence-corrected chi connectivity index (χ0v) is 16.5. The normalized spacial score (nSPS) is 16.5. The number of ether oxygens (including phenoxy) is 1. The van der Waals surface area contributed by atoms with Gasteiger partial charge in [-0.1, -0.05) is 31.0 Å². The molecule has 1 aliphatic rings. The minimum Gasteiger partial charge on any atom is -0.385 e. The van der Waals surface area contributed by atoms with Gasteiger partial charge in [0.15, 0.2) is 5.96 Å². The van der Waals surface area contributed by atoms with Gasteiger partial charge in [0.25, 0.3) is 0 Å². The van der Waals surface area contributed by atoms with Crippen molar-refractivity contribution in [2.45, 2.75) is 45.4 Å². The zero-order valence-electron chi connectivity index (χ0n) is 16.5. The molecule has 0 radical (unpaired) electrons. The van der Waals surface area contributed by atoms with Gasteiger partial charge in [0.1, 0.15) is 0 Å². The topological polar surface area (TPSA) is 57.7 Å². The molecule has 1 saturated carbocycles. The number of hydrogen-bond acceptors (Lipinski definition) is 3. The number of nitrogens with zero attached hydrogens (tertiary/aromatic N) is 1. The van der Waals surface area contributed by atoms with Gasteiger partial charge in [-0.05, 0) is 50.2 Å². The molecule has 146 valence electrons. The largest absolute Gasteiger partial charge is 0.385 e. The first-order valence-electron chi connectivity index (χ1n) is 10.1. The third-order valence-corrected chi connectivity index (χ3v) is 5.17. The number of nitrogens with one attached hydrogen (secondary N) is 3. The number of benzene rings is 1. The van der Waals surface area contributed by atoms with Crippen LogP contribution in [0.5, 0.6) is 0 Å². The van der Waals surface area contributed by atoms with Gasteiger partial charge in [-0.3, -0.25) is 4.99 Å².